The first-order chi connectivity index (χ1) is 14.0. The van der Waals surface area contributed by atoms with Crippen LogP contribution in [0.5, 0.6) is 0 Å². The largest absolute Gasteiger partial charge is 0.756 e. The molecular weight excluding hydrogens is 407 g/mol. The molecule has 180 valence electrons. The van der Waals surface area contributed by atoms with E-state index in [1.807, 2.05) is 21.1 Å². The molecule has 0 aliphatic carbocycles. The van der Waals surface area contributed by atoms with Crippen LogP contribution in [0, 0.1) is 0 Å². The number of aliphatic hydroxyl groups excluding tert-OH is 1. The Bertz CT molecular complexity index is 498. The summed E-state index contributed by atoms with van der Waals surface area (Å²) in [5.41, 5.74) is 0. The third-order valence-corrected chi connectivity index (χ3v) is 5.87. The summed E-state index contributed by atoms with van der Waals surface area (Å²) in [6, 6.07) is -0.786. The first kappa shape index (κ1) is 29.5. The first-order valence-electron chi connectivity index (χ1n) is 11.4. The van der Waals surface area contributed by atoms with Crippen molar-refractivity contribution in [3.8, 4) is 0 Å². The molecule has 0 aromatic heterocycles. The number of amides is 1. The van der Waals surface area contributed by atoms with Crippen molar-refractivity contribution in [1.29, 1.82) is 0 Å². The fourth-order valence-electron chi connectivity index (χ4n) is 2.88. The molecule has 0 aromatic carbocycles. The average Bonchev–Trinajstić information content (AvgIpc) is 2.65. The fraction of sp³-hybridized carbons (Fsp3) is 0.952. The lowest BCUT2D eigenvalue weighted by molar-refractivity contribution is -0.870. The lowest BCUT2D eigenvalue weighted by Gasteiger charge is -2.30. The molecule has 0 bridgehead atoms. The van der Waals surface area contributed by atoms with Crippen molar-refractivity contribution in [2.75, 3.05) is 40.9 Å². The van der Waals surface area contributed by atoms with Gasteiger partial charge in [-0.1, -0.05) is 65.2 Å². The van der Waals surface area contributed by atoms with Crippen molar-refractivity contribution < 1.29 is 32.9 Å². The monoisotopic (exact) mass is 452 g/mol. The van der Waals surface area contributed by atoms with Gasteiger partial charge in [-0.2, -0.15) is 0 Å². The number of carbonyl (C=O) groups is 1. The minimum Gasteiger partial charge on any atom is -0.756 e. The molecule has 0 spiro atoms. The number of hydrogen-bond donors (Lipinski definition) is 2. The Kier molecular flexibility index (Phi) is 15.9. The smallest absolute Gasteiger partial charge is 0.268 e. The van der Waals surface area contributed by atoms with Gasteiger partial charge in [0.25, 0.3) is 7.82 Å². The standard InChI is InChI=1S/C21H45N2O6P/c1-6-8-9-10-11-12-13-14-15-20(24)19(22-21(25)7-2)18-29-30(26,27)28-17-16-23(3,4)5/h19-20,24H,6-18H2,1-5H3,(H-,22,25,26,27). The van der Waals surface area contributed by atoms with E-state index in [2.05, 4.69) is 12.2 Å². The Morgan fingerprint density at radius 3 is 2.13 bits per heavy atom. The van der Waals surface area contributed by atoms with Gasteiger partial charge in [-0.15, -0.1) is 0 Å². The molecule has 2 N–H and O–H groups in total. The van der Waals surface area contributed by atoms with Gasteiger partial charge in [0.1, 0.15) is 13.2 Å². The molecule has 0 saturated heterocycles. The van der Waals surface area contributed by atoms with E-state index in [1.54, 1.807) is 6.92 Å². The van der Waals surface area contributed by atoms with E-state index < -0.39 is 20.0 Å². The topological polar surface area (TPSA) is 108 Å². The highest BCUT2D eigenvalue weighted by Gasteiger charge is 2.23. The summed E-state index contributed by atoms with van der Waals surface area (Å²) in [5, 5.41) is 13.1. The first-order valence-corrected chi connectivity index (χ1v) is 12.8. The Balaban J connectivity index is 4.40. The van der Waals surface area contributed by atoms with Crippen LogP contribution in [0.25, 0.3) is 0 Å². The maximum absolute atomic E-state index is 12.0. The second kappa shape index (κ2) is 16.2. The lowest BCUT2D eigenvalue weighted by atomic mass is 10.0. The van der Waals surface area contributed by atoms with Gasteiger partial charge < -0.3 is 28.8 Å². The molecule has 8 nitrogen and oxygen atoms in total. The zero-order chi connectivity index (χ0) is 23.0. The molecule has 0 aliphatic rings. The van der Waals surface area contributed by atoms with Gasteiger partial charge in [-0.05, 0) is 6.42 Å². The maximum atomic E-state index is 12.0. The minimum absolute atomic E-state index is 0.0110. The number of phosphoric ester groups is 1. The van der Waals surface area contributed by atoms with Crippen LogP contribution in [0.15, 0.2) is 0 Å². The Hall–Kier alpha value is -0.500. The van der Waals surface area contributed by atoms with E-state index in [4.69, 9.17) is 9.05 Å². The Morgan fingerprint density at radius 2 is 1.60 bits per heavy atom. The minimum atomic E-state index is -4.50. The number of aliphatic hydroxyl groups is 1. The molecule has 30 heavy (non-hydrogen) atoms. The molecule has 3 unspecified atom stereocenters. The van der Waals surface area contributed by atoms with Gasteiger partial charge in [-0.3, -0.25) is 9.36 Å². The van der Waals surface area contributed by atoms with Crippen LogP contribution in [0.1, 0.15) is 78.1 Å². The van der Waals surface area contributed by atoms with E-state index in [0.29, 0.717) is 17.4 Å². The molecule has 0 aromatic rings. The van der Waals surface area contributed by atoms with Crippen molar-refractivity contribution in [1.82, 2.24) is 5.32 Å². The van der Waals surface area contributed by atoms with Crippen molar-refractivity contribution in [2.45, 2.75) is 90.2 Å². The van der Waals surface area contributed by atoms with Crippen molar-refractivity contribution in [3.05, 3.63) is 0 Å². The number of hydrogen-bond acceptors (Lipinski definition) is 6. The van der Waals surface area contributed by atoms with Crippen LogP contribution in [-0.4, -0.2) is 68.5 Å². The molecule has 0 heterocycles. The van der Waals surface area contributed by atoms with Gasteiger partial charge >= 0.3 is 0 Å². The molecule has 0 rings (SSSR count). The average molecular weight is 453 g/mol. The van der Waals surface area contributed by atoms with Crippen molar-refractivity contribution in [2.24, 2.45) is 0 Å². The Morgan fingerprint density at radius 1 is 1.03 bits per heavy atom. The van der Waals surface area contributed by atoms with Crippen molar-refractivity contribution >= 4 is 13.7 Å². The molecule has 0 aliphatic heterocycles. The normalized spacial score (nSPS) is 16.1. The lowest BCUT2D eigenvalue weighted by Crippen LogP contribution is -2.46. The number of nitrogens with one attached hydrogen (secondary N) is 1. The molecule has 1 amide bonds. The summed E-state index contributed by atoms with van der Waals surface area (Å²) in [4.78, 5) is 23.8. The number of unbranched alkanes of at least 4 members (excludes halogenated alkanes) is 7. The van der Waals surface area contributed by atoms with E-state index in [9.17, 15) is 19.4 Å². The predicted octanol–water partition coefficient (Wildman–Crippen LogP) is 2.98. The maximum Gasteiger partial charge on any atom is 0.268 e. The number of carbonyl (C=O) groups excluding carboxylic acids is 1. The SMILES string of the molecule is CCCCCCCCCCC(O)C(COP(=O)([O-])OCC[N+](C)(C)C)NC(=O)CC. The predicted molar refractivity (Wildman–Crippen MR) is 118 cm³/mol. The third kappa shape index (κ3) is 17.2. The third-order valence-electron chi connectivity index (χ3n) is 4.91. The molecule has 0 saturated carbocycles. The number of phosphoric acid groups is 1. The second-order valence-corrected chi connectivity index (χ2v) is 10.4. The van der Waals surface area contributed by atoms with Crippen LogP contribution in [-0.2, 0) is 18.4 Å². The summed E-state index contributed by atoms with van der Waals surface area (Å²) in [5.74, 6) is -0.259. The van der Waals surface area contributed by atoms with Crippen LogP contribution < -0.4 is 10.2 Å². The zero-order valence-corrected chi connectivity index (χ0v) is 20.6. The van der Waals surface area contributed by atoms with Gasteiger partial charge in [0.2, 0.25) is 5.91 Å². The fourth-order valence-corrected chi connectivity index (χ4v) is 3.60. The highest BCUT2D eigenvalue weighted by molar-refractivity contribution is 7.45. The molecular formula is C21H45N2O6P. The number of quaternary nitrogens is 1. The second-order valence-electron chi connectivity index (χ2n) is 8.95. The van der Waals surface area contributed by atoms with E-state index in [0.717, 1.165) is 19.3 Å². The van der Waals surface area contributed by atoms with Gasteiger partial charge in [-0.25, -0.2) is 0 Å². The van der Waals surface area contributed by atoms with Gasteiger partial charge in [0.05, 0.1) is 39.9 Å². The number of likely N-dealkylation sites (N-methyl/N-ethyl adjacent to an activating group) is 1. The molecule has 0 fully saturated rings. The van der Waals surface area contributed by atoms with E-state index in [1.165, 1.54) is 32.1 Å². The zero-order valence-electron chi connectivity index (χ0n) is 19.7. The summed E-state index contributed by atoms with van der Waals surface area (Å²) in [6.45, 7) is 4.07. The van der Waals surface area contributed by atoms with E-state index >= 15 is 0 Å². The quantitative estimate of drug-likeness (QED) is 0.177. The molecule has 0 radical (unpaired) electrons. The highest BCUT2D eigenvalue weighted by Crippen LogP contribution is 2.38. The Labute approximate surface area is 183 Å². The number of nitrogens with zero attached hydrogens (tertiary/aromatic N) is 1. The van der Waals surface area contributed by atoms with Crippen LogP contribution in [0.4, 0.5) is 0 Å². The van der Waals surface area contributed by atoms with Gasteiger partial charge in [0.15, 0.2) is 0 Å². The van der Waals surface area contributed by atoms with Gasteiger partial charge in [0, 0.05) is 6.42 Å². The highest BCUT2D eigenvalue weighted by atomic mass is 31.2. The van der Waals surface area contributed by atoms with Crippen molar-refractivity contribution in [3.63, 3.8) is 0 Å². The van der Waals surface area contributed by atoms with Crippen LogP contribution in [0.3, 0.4) is 0 Å². The molecule has 9 heteroatoms. The summed E-state index contributed by atoms with van der Waals surface area (Å²) in [6.07, 6.45) is 9.03. The summed E-state index contributed by atoms with van der Waals surface area (Å²) >= 11 is 0. The number of rotatable bonds is 19. The summed E-state index contributed by atoms with van der Waals surface area (Å²) < 4.78 is 22.4. The molecule has 3 atom stereocenters. The van der Waals surface area contributed by atoms with Crippen LogP contribution >= 0.6 is 7.82 Å². The van der Waals surface area contributed by atoms with E-state index in [-0.39, 0.29) is 25.5 Å². The van der Waals surface area contributed by atoms with Crippen LogP contribution in [0.2, 0.25) is 0 Å². The summed E-state index contributed by atoms with van der Waals surface area (Å²) in [7, 11) is 1.29.